The van der Waals surface area contributed by atoms with Crippen molar-refractivity contribution >= 4 is 39.5 Å². The number of ether oxygens (including phenoxy) is 1. The van der Waals surface area contributed by atoms with Gasteiger partial charge >= 0.3 is 0 Å². The summed E-state index contributed by atoms with van der Waals surface area (Å²) < 4.78 is 8.63. The number of amides is 1. The molecule has 0 spiro atoms. The molecular weight excluding hydrogens is 412 g/mol. The summed E-state index contributed by atoms with van der Waals surface area (Å²) in [5.41, 5.74) is 3.28. The van der Waals surface area contributed by atoms with E-state index in [1.54, 1.807) is 17.0 Å². The predicted molar refractivity (Wildman–Crippen MR) is 108 cm³/mol. The summed E-state index contributed by atoms with van der Waals surface area (Å²) in [6.45, 7) is 1.20. The minimum atomic E-state index is 0.0977. The Morgan fingerprint density at radius 3 is 2.65 bits per heavy atom. The van der Waals surface area contributed by atoms with Crippen molar-refractivity contribution in [1.82, 2.24) is 4.41 Å². The highest BCUT2D eigenvalue weighted by Gasteiger charge is 2.38. The molecule has 0 aliphatic carbocycles. The first-order valence-electron chi connectivity index (χ1n) is 8.55. The van der Waals surface area contributed by atoms with Crippen LogP contribution in [0.4, 0.5) is 5.69 Å². The minimum absolute atomic E-state index is 0.0977. The predicted octanol–water partition coefficient (Wildman–Crippen LogP) is 4.78. The highest BCUT2D eigenvalue weighted by atomic mass is 79.9. The molecule has 2 aromatic carbocycles. The van der Waals surface area contributed by atoms with Crippen LogP contribution in [-0.4, -0.2) is 23.5 Å². The van der Waals surface area contributed by atoms with Gasteiger partial charge in [-0.3, -0.25) is 4.79 Å². The summed E-state index contributed by atoms with van der Waals surface area (Å²) in [5.74, 6) is 1.03. The van der Waals surface area contributed by atoms with E-state index in [-0.39, 0.29) is 11.8 Å². The topological polar surface area (TPSA) is 32.8 Å². The minimum Gasteiger partial charge on any atom is -0.377 e. The van der Waals surface area contributed by atoms with Gasteiger partial charge in [0.15, 0.2) is 0 Å². The summed E-state index contributed by atoms with van der Waals surface area (Å²) >= 11 is 5.12. The van der Waals surface area contributed by atoms with Gasteiger partial charge in [-0.15, -0.1) is 0 Å². The number of fused-ring (bicyclic) bond motifs is 1. The van der Waals surface area contributed by atoms with E-state index in [4.69, 9.17) is 4.74 Å². The molecule has 1 fully saturated rings. The van der Waals surface area contributed by atoms with Gasteiger partial charge in [-0.2, -0.15) is 0 Å². The van der Waals surface area contributed by atoms with Crippen LogP contribution in [0.25, 0.3) is 0 Å². The third-order valence-corrected chi connectivity index (χ3v) is 6.08. The van der Waals surface area contributed by atoms with Crippen LogP contribution in [0.1, 0.15) is 12.0 Å². The lowest BCUT2D eigenvalue weighted by atomic mass is 9.98. The number of halogens is 1. The lowest BCUT2D eigenvalue weighted by Crippen LogP contribution is -2.51. The Morgan fingerprint density at radius 1 is 1.12 bits per heavy atom. The Bertz CT molecular complexity index is 810. The van der Waals surface area contributed by atoms with Crippen LogP contribution in [0.15, 0.2) is 70.8 Å². The van der Waals surface area contributed by atoms with Crippen molar-refractivity contribution < 1.29 is 9.53 Å². The quantitative estimate of drug-likeness (QED) is 0.653. The number of hydrogen-bond donors (Lipinski definition) is 0. The van der Waals surface area contributed by atoms with Crippen LogP contribution in [-0.2, 0) is 15.3 Å². The van der Waals surface area contributed by atoms with E-state index in [9.17, 15) is 4.79 Å². The van der Waals surface area contributed by atoms with Crippen molar-refractivity contribution in [2.75, 3.05) is 18.2 Å². The van der Waals surface area contributed by atoms with Crippen molar-refractivity contribution in [3.05, 3.63) is 76.4 Å². The molecule has 134 valence electrons. The molecule has 0 bridgehead atoms. The Morgan fingerprint density at radius 2 is 1.88 bits per heavy atom. The summed E-state index contributed by atoms with van der Waals surface area (Å²) in [4.78, 5) is 12.9. The summed E-state index contributed by atoms with van der Waals surface area (Å²) in [5, 5.41) is 1.80. The van der Waals surface area contributed by atoms with E-state index < -0.39 is 0 Å². The summed E-state index contributed by atoms with van der Waals surface area (Å²) in [6, 6.07) is 18.2. The van der Waals surface area contributed by atoms with Crippen molar-refractivity contribution in [3.8, 4) is 0 Å². The van der Waals surface area contributed by atoms with Gasteiger partial charge < -0.3 is 4.74 Å². The van der Waals surface area contributed by atoms with Crippen LogP contribution >= 0.6 is 27.9 Å². The van der Waals surface area contributed by atoms with Crippen molar-refractivity contribution in [3.63, 3.8) is 0 Å². The highest BCUT2D eigenvalue weighted by Crippen LogP contribution is 2.39. The molecule has 4 rings (SSSR count). The number of hydrogen-bond acceptors (Lipinski definition) is 4. The molecular formula is C20H19BrN2O2S. The normalized spacial score (nSPS) is 20.0. The van der Waals surface area contributed by atoms with E-state index in [2.05, 4.69) is 38.6 Å². The molecule has 0 N–H and O–H groups in total. The molecule has 1 unspecified atom stereocenters. The number of benzene rings is 2. The Balaban J connectivity index is 1.65. The van der Waals surface area contributed by atoms with E-state index in [0.29, 0.717) is 19.6 Å². The van der Waals surface area contributed by atoms with Gasteiger partial charge in [0.05, 0.1) is 24.6 Å². The number of carbonyl (C=O) groups is 1. The van der Waals surface area contributed by atoms with Gasteiger partial charge in [-0.25, -0.2) is 9.42 Å². The third-order valence-electron chi connectivity index (χ3n) is 4.47. The van der Waals surface area contributed by atoms with Gasteiger partial charge in [-0.05, 0) is 47.9 Å². The average molecular weight is 431 g/mol. The van der Waals surface area contributed by atoms with Gasteiger partial charge in [-0.1, -0.05) is 46.3 Å². The van der Waals surface area contributed by atoms with Gasteiger partial charge in [0, 0.05) is 22.6 Å². The largest absolute Gasteiger partial charge is 0.377 e. The fourth-order valence-corrected chi connectivity index (χ4v) is 4.59. The highest BCUT2D eigenvalue weighted by molar-refractivity contribution is 9.10. The molecule has 1 atom stereocenters. The van der Waals surface area contributed by atoms with E-state index >= 15 is 0 Å². The molecule has 6 heteroatoms. The lowest BCUT2D eigenvalue weighted by Gasteiger charge is -2.44. The Hall–Kier alpha value is -1.76. The third kappa shape index (κ3) is 3.68. The zero-order chi connectivity index (χ0) is 17.9. The standard InChI is InChI=1S/C20H19BrN2O2S/c21-17-6-8-18(9-7-17)22-20(24)12-16-13-25-11-10-19(16)23(22)26-14-15-4-2-1-3-5-15/h1-10,16H,11-14H2. The number of carbonyl (C=O) groups excluding carboxylic acids is 1. The zero-order valence-corrected chi connectivity index (χ0v) is 16.6. The zero-order valence-electron chi connectivity index (χ0n) is 14.2. The second-order valence-corrected chi connectivity index (χ2v) is 8.09. The monoisotopic (exact) mass is 430 g/mol. The number of rotatable bonds is 4. The Labute approximate surface area is 166 Å². The summed E-state index contributed by atoms with van der Waals surface area (Å²) in [7, 11) is 0. The molecule has 0 saturated carbocycles. The second kappa shape index (κ2) is 7.86. The molecule has 2 aliphatic heterocycles. The number of anilines is 1. The van der Waals surface area contributed by atoms with Crippen molar-refractivity contribution in [1.29, 1.82) is 0 Å². The first-order valence-corrected chi connectivity index (χ1v) is 10.3. The fraction of sp³-hybridized carbons (Fsp3) is 0.250. The average Bonchev–Trinajstić information content (AvgIpc) is 2.67. The maximum Gasteiger partial charge on any atom is 0.247 e. The second-order valence-electron chi connectivity index (χ2n) is 6.28. The summed E-state index contributed by atoms with van der Waals surface area (Å²) in [6.07, 6.45) is 2.58. The Kier molecular flexibility index (Phi) is 5.33. The molecule has 4 nitrogen and oxygen atoms in total. The van der Waals surface area contributed by atoms with E-state index in [1.807, 2.05) is 42.5 Å². The van der Waals surface area contributed by atoms with Crippen LogP contribution in [0.5, 0.6) is 0 Å². The lowest BCUT2D eigenvalue weighted by molar-refractivity contribution is -0.123. The smallest absolute Gasteiger partial charge is 0.247 e. The molecule has 2 heterocycles. The van der Waals surface area contributed by atoms with E-state index in [0.717, 1.165) is 15.9 Å². The molecule has 1 amide bonds. The molecule has 0 aromatic heterocycles. The van der Waals surface area contributed by atoms with Gasteiger partial charge in [0.25, 0.3) is 0 Å². The van der Waals surface area contributed by atoms with Gasteiger partial charge in [0.2, 0.25) is 5.91 Å². The molecule has 2 aliphatic rings. The molecule has 26 heavy (non-hydrogen) atoms. The maximum atomic E-state index is 12.9. The molecule has 2 aromatic rings. The number of hydrazine groups is 1. The van der Waals surface area contributed by atoms with Crippen LogP contribution in [0.2, 0.25) is 0 Å². The fourth-order valence-electron chi connectivity index (χ4n) is 3.19. The SMILES string of the molecule is O=C1CC2COCC=C2N(SCc2ccccc2)N1c1ccc(Br)cc1. The van der Waals surface area contributed by atoms with Crippen LogP contribution < -0.4 is 5.01 Å². The first kappa shape index (κ1) is 17.6. The van der Waals surface area contributed by atoms with Gasteiger partial charge in [0.1, 0.15) is 0 Å². The molecule has 0 radical (unpaired) electrons. The van der Waals surface area contributed by atoms with Crippen molar-refractivity contribution in [2.45, 2.75) is 12.2 Å². The van der Waals surface area contributed by atoms with Crippen LogP contribution in [0, 0.1) is 5.92 Å². The molecule has 1 saturated heterocycles. The van der Waals surface area contributed by atoms with Crippen LogP contribution in [0.3, 0.4) is 0 Å². The van der Waals surface area contributed by atoms with Crippen molar-refractivity contribution in [2.24, 2.45) is 5.92 Å². The van der Waals surface area contributed by atoms with E-state index in [1.165, 1.54) is 11.3 Å². The first-order chi connectivity index (χ1) is 12.7. The maximum absolute atomic E-state index is 12.9. The number of nitrogens with zero attached hydrogens (tertiary/aromatic N) is 2.